The van der Waals surface area contributed by atoms with Crippen molar-refractivity contribution < 1.29 is 0 Å². The molecule has 0 amide bonds. The standard InChI is InChI=1S/C18H24N8/c1-13-19-20-17-6-7-18(22-26(13)17)24-11-16(12-24)23(2)10-14-9-15-5-3-4-8-25(15)21-14/h6-7,9,16H,3-5,8,10-12H2,1-2H3. The summed E-state index contributed by atoms with van der Waals surface area (Å²) < 4.78 is 4.00. The van der Waals surface area contributed by atoms with Crippen LogP contribution in [0.4, 0.5) is 5.82 Å². The summed E-state index contributed by atoms with van der Waals surface area (Å²) in [6, 6.07) is 6.84. The molecule has 0 bridgehead atoms. The molecule has 3 aromatic heterocycles. The Kier molecular flexibility index (Phi) is 3.66. The molecule has 8 heteroatoms. The summed E-state index contributed by atoms with van der Waals surface area (Å²) in [6.07, 6.45) is 3.72. The van der Waals surface area contributed by atoms with Crippen molar-refractivity contribution in [3.8, 4) is 0 Å². The van der Waals surface area contributed by atoms with Crippen molar-refractivity contribution in [3.05, 3.63) is 35.4 Å². The predicted octanol–water partition coefficient (Wildman–Crippen LogP) is 1.29. The van der Waals surface area contributed by atoms with Crippen LogP contribution < -0.4 is 4.90 Å². The molecule has 1 saturated heterocycles. The first-order chi connectivity index (χ1) is 12.7. The van der Waals surface area contributed by atoms with E-state index in [4.69, 9.17) is 5.10 Å². The van der Waals surface area contributed by atoms with E-state index in [2.05, 4.69) is 42.9 Å². The lowest BCUT2D eigenvalue weighted by Crippen LogP contribution is -2.58. The van der Waals surface area contributed by atoms with Gasteiger partial charge in [-0.15, -0.1) is 15.3 Å². The molecule has 2 aliphatic rings. The summed E-state index contributed by atoms with van der Waals surface area (Å²) in [5.74, 6) is 1.81. The second kappa shape index (κ2) is 6.05. The fraction of sp³-hybridized carbons (Fsp3) is 0.556. The largest absolute Gasteiger partial charge is 0.352 e. The molecule has 0 saturated carbocycles. The van der Waals surface area contributed by atoms with Crippen LogP contribution in [0.15, 0.2) is 18.2 Å². The third-order valence-electron chi connectivity index (χ3n) is 5.59. The third kappa shape index (κ3) is 2.65. The van der Waals surface area contributed by atoms with Crippen molar-refractivity contribution in [2.24, 2.45) is 0 Å². The molecule has 0 radical (unpaired) electrons. The third-order valence-corrected chi connectivity index (χ3v) is 5.59. The second-order valence-corrected chi connectivity index (χ2v) is 7.49. The van der Waals surface area contributed by atoms with E-state index in [0.29, 0.717) is 6.04 Å². The number of aryl methyl sites for hydroxylation is 3. The minimum absolute atomic E-state index is 0.535. The summed E-state index contributed by atoms with van der Waals surface area (Å²) in [6.45, 7) is 5.89. The normalized spacial score (nSPS) is 17.7. The molecule has 136 valence electrons. The predicted molar refractivity (Wildman–Crippen MR) is 98.2 cm³/mol. The minimum Gasteiger partial charge on any atom is -0.352 e. The Bertz CT molecular complexity index is 912. The van der Waals surface area contributed by atoms with Crippen LogP contribution in [-0.2, 0) is 19.5 Å². The molecule has 2 aliphatic heterocycles. The summed E-state index contributed by atoms with van der Waals surface area (Å²) in [5, 5.41) is 17.6. The first kappa shape index (κ1) is 15.7. The van der Waals surface area contributed by atoms with Crippen LogP contribution in [0.1, 0.15) is 30.1 Å². The van der Waals surface area contributed by atoms with Crippen LogP contribution in [0.25, 0.3) is 5.65 Å². The van der Waals surface area contributed by atoms with Crippen LogP contribution in [0.3, 0.4) is 0 Å². The van der Waals surface area contributed by atoms with E-state index in [9.17, 15) is 0 Å². The fourth-order valence-electron chi connectivity index (χ4n) is 3.92. The highest BCUT2D eigenvalue weighted by Crippen LogP contribution is 2.23. The number of likely N-dealkylation sites (N-methyl/N-ethyl adjacent to an activating group) is 1. The van der Waals surface area contributed by atoms with Gasteiger partial charge in [-0.05, 0) is 51.4 Å². The highest BCUT2D eigenvalue weighted by atomic mass is 15.4. The maximum atomic E-state index is 4.78. The van der Waals surface area contributed by atoms with Crippen LogP contribution in [0.5, 0.6) is 0 Å². The van der Waals surface area contributed by atoms with Gasteiger partial charge in [0, 0.05) is 37.9 Å². The van der Waals surface area contributed by atoms with Crippen LogP contribution >= 0.6 is 0 Å². The molecule has 5 heterocycles. The lowest BCUT2D eigenvalue weighted by atomic mass is 10.1. The molecule has 26 heavy (non-hydrogen) atoms. The molecule has 5 rings (SSSR count). The number of anilines is 1. The molecule has 3 aromatic rings. The summed E-state index contributed by atoms with van der Waals surface area (Å²) >= 11 is 0. The number of aromatic nitrogens is 6. The zero-order valence-corrected chi connectivity index (χ0v) is 15.3. The van der Waals surface area contributed by atoms with Gasteiger partial charge >= 0.3 is 0 Å². The van der Waals surface area contributed by atoms with Gasteiger partial charge in [0.25, 0.3) is 0 Å². The van der Waals surface area contributed by atoms with Crippen molar-refractivity contribution in [1.29, 1.82) is 0 Å². The molecule has 0 unspecified atom stereocenters. The Morgan fingerprint density at radius 1 is 1.15 bits per heavy atom. The van der Waals surface area contributed by atoms with Gasteiger partial charge in [-0.2, -0.15) is 9.61 Å². The van der Waals surface area contributed by atoms with E-state index < -0.39 is 0 Å². The van der Waals surface area contributed by atoms with E-state index >= 15 is 0 Å². The summed E-state index contributed by atoms with van der Waals surface area (Å²) in [4.78, 5) is 4.71. The van der Waals surface area contributed by atoms with Crippen LogP contribution in [-0.4, -0.2) is 60.7 Å². The molecule has 0 N–H and O–H groups in total. The van der Waals surface area contributed by atoms with Crippen molar-refractivity contribution >= 4 is 11.5 Å². The number of rotatable bonds is 4. The Morgan fingerprint density at radius 2 is 2.04 bits per heavy atom. The first-order valence-corrected chi connectivity index (χ1v) is 9.37. The van der Waals surface area contributed by atoms with Crippen molar-refractivity contribution in [3.63, 3.8) is 0 Å². The topological polar surface area (TPSA) is 67.4 Å². The number of hydrogen-bond donors (Lipinski definition) is 0. The van der Waals surface area contributed by atoms with Crippen molar-refractivity contribution in [2.75, 3.05) is 25.0 Å². The molecule has 0 spiro atoms. The summed E-state index contributed by atoms with van der Waals surface area (Å²) in [7, 11) is 2.20. The Hall–Kier alpha value is -2.48. The van der Waals surface area contributed by atoms with Gasteiger partial charge < -0.3 is 4.90 Å². The second-order valence-electron chi connectivity index (χ2n) is 7.49. The molecular weight excluding hydrogens is 328 g/mol. The molecule has 0 aliphatic carbocycles. The molecule has 0 aromatic carbocycles. The fourth-order valence-corrected chi connectivity index (χ4v) is 3.92. The first-order valence-electron chi connectivity index (χ1n) is 9.37. The van der Waals surface area contributed by atoms with Gasteiger partial charge in [0.2, 0.25) is 0 Å². The zero-order valence-electron chi connectivity index (χ0n) is 15.3. The molecule has 0 atom stereocenters. The molecular formula is C18H24N8. The SMILES string of the molecule is Cc1nnc2ccc(N3CC(N(C)Cc4cc5n(n4)CCCC5)C3)nn12. The van der Waals surface area contributed by atoms with Crippen molar-refractivity contribution in [1.82, 2.24) is 34.5 Å². The lowest BCUT2D eigenvalue weighted by molar-refractivity contribution is 0.194. The Morgan fingerprint density at radius 3 is 2.88 bits per heavy atom. The van der Waals surface area contributed by atoms with Gasteiger partial charge in [0.05, 0.1) is 5.69 Å². The van der Waals surface area contributed by atoms with Gasteiger partial charge in [0.15, 0.2) is 11.5 Å². The van der Waals surface area contributed by atoms with Crippen LogP contribution in [0.2, 0.25) is 0 Å². The average molecular weight is 352 g/mol. The molecule has 1 fully saturated rings. The smallest absolute Gasteiger partial charge is 0.178 e. The van der Waals surface area contributed by atoms with Gasteiger partial charge in [-0.1, -0.05) is 0 Å². The lowest BCUT2D eigenvalue weighted by Gasteiger charge is -2.44. The molecule has 8 nitrogen and oxygen atoms in total. The highest BCUT2D eigenvalue weighted by molar-refractivity contribution is 5.47. The summed E-state index contributed by atoms with van der Waals surface area (Å²) in [5.41, 5.74) is 3.39. The van der Waals surface area contributed by atoms with E-state index in [1.807, 2.05) is 23.6 Å². The van der Waals surface area contributed by atoms with Crippen molar-refractivity contribution in [2.45, 2.75) is 45.3 Å². The van der Waals surface area contributed by atoms with Gasteiger partial charge in [-0.3, -0.25) is 9.58 Å². The highest BCUT2D eigenvalue weighted by Gasteiger charge is 2.31. The van der Waals surface area contributed by atoms with Gasteiger partial charge in [-0.25, -0.2) is 0 Å². The maximum absolute atomic E-state index is 4.78. The van der Waals surface area contributed by atoms with Gasteiger partial charge in [0.1, 0.15) is 5.82 Å². The quantitative estimate of drug-likeness (QED) is 0.705. The average Bonchev–Trinajstić information content (AvgIpc) is 3.16. The number of nitrogens with zero attached hydrogens (tertiary/aromatic N) is 8. The van der Waals surface area contributed by atoms with E-state index in [0.717, 1.165) is 43.5 Å². The van der Waals surface area contributed by atoms with Crippen LogP contribution in [0, 0.1) is 6.92 Å². The van der Waals surface area contributed by atoms with E-state index in [1.165, 1.54) is 30.7 Å². The number of hydrogen-bond acceptors (Lipinski definition) is 6. The van der Waals surface area contributed by atoms with E-state index in [1.54, 1.807) is 0 Å². The Balaban J connectivity index is 1.22. The van der Waals surface area contributed by atoms with E-state index in [-0.39, 0.29) is 0 Å². The Labute approximate surface area is 152 Å². The zero-order chi connectivity index (χ0) is 17.7. The minimum atomic E-state index is 0.535. The maximum Gasteiger partial charge on any atom is 0.178 e. The number of fused-ring (bicyclic) bond motifs is 2. The monoisotopic (exact) mass is 352 g/mol.